The molecule has 1 aromatic heterocycles. The van der Waals surface area contributed by atoms with Gasteiger partial charge in [0.2, 0.25) is 6.33 Å². The lowest BCUT2D eigenvalue weighted by molar-refractivity contribution is -0.394. The highest BCUT2D eigenvalue weighted by molar-refractivity contribution is 5.69. The molecule has 0 aromatic carbocycles. The summed E-state index contributed by atoms with van der Waals surface area (Å²) in [6, 6.07) is 0. The Morgan fingerprint density at radius 2 is 2.27 bits per heavy atom. The predicted octanol–water partition coefficient (Wildman–Crippen LogP) is 2.19. The average Bonchev–Trinajstić information content (AvgIpc) is 2.86. The second kappa shape index (κ2) is 6.85. The maximum atomic E-state index is 12.1. The fourth-order valence-electron chi connectivity index (χ4n) is 3.03. The Kier molecular flexibility index (Phi) is 5.10. The van der Waals surface area contributed by atoms with Crippen LogP contribution in [0.5, 0.6) is 0 Å². The quantitative estimate of drug-likeness (QED) is 0.469. The largest absolute Gasteiger partial charge is 0.490 e. The van der Waals surface area contributed by atoms with Crippen LogP contribution < -0.4 is 0 Å². The first kappa shape index (κ1) is 16.4. The van der Waals surface area contributed by atoms with E-state index in [-0.39, 0.29) is 12.6 Å². The molecule has 1 aliphatic rings. The summed E-state index contributed by atoms with van der Waals surface area (Å²) < 4.78 is 6.75. The van der Waals surface area contributed by atoms with E-state index in [9.17, 15) is 14.9 Å². The van der Waals surface area contributed by atoms with Gasteiger partial charge >= 0.3 is 11.9 Å². The normalized spacial score (nSPS) is 25.2. The molecular weight excluding hydrogens is 288 g/mol. The van der Waals surface area contributed by atoms with Gasteiger partial charge in [0.15, 0.2) is 6.54 Å². The molecule has 1 saturated carbocycles. The number of aromatic nitrogens is 3. The maximum Gasteiger partial charge on any atom is 0.490 e. The van der Waals surface area contributed by atoms with Gasteiger partial charge in [-0.1, -0.05) is 32.2 Å². The van der Waals surface area contributed by atoms with Crippen LogP contribution in [-0.2, 0) is 16.1 Å². The summed E-state index contributed by atoms with van der Waals surface area (Å²) in [5.74, 6) is 0.423. The summed E-state index contributed by atoms with van der Waals surface area (Å²) in [5, 5.41) is 14.1. The fraction of sp³-hybridized carbons (Fsp3) is 0.786. The van der Waals surface area contributed by atoms with E-state index in [0.29, 0.717) is 17.8 Å². The van der Waals surface area contributed by atoms with Crippen molar-refractivity contribution in [3.8, 4) is 0 Å². The lowest BCUT2D eigenvalue weighted by Crippen LogP contribution is -2.36. The Hall–Kier alpha value is -1.99. The maximum absolute atomic E-state index is 12.1. The Bertz CT molecular complexity index is 543. The van der Waals surface area contributed by atoms with E-state index >= 15 is 0 Å². The van der Waals surface area contributed by atoms with Crippen LogP contribution in [0.3, 0.4) is 0 Å². The van der Waals surface area contributed by atoms with Gasteiger partial charge < -0.3 is 14.9 Å². The van der Waals surface area contributed by atoms with Crippen molar-refractivity contribution in [2.75, 3.05) is 0 Å². The monoisotopic (exact) mass is 310 g/mol. The lowest BCUT2D eigenvalue weighted by Gasteiger charge is -2.36. The highest BCUT2D eigenvalue weighted by Crippen LogP contribution is 2.35. The van der Waals surface area contributed by atoms with E-state index in [0.717, 1.165) is 23.9 Å². The first-order valence-corrected chi connectivity index (χ1v) is 7.60. The van der Waals surface area contributed by atoms with E-state index < -0.39 is 16.8 Å². The highest BCUT2D eigenvalue weighted by Gasteiger charge is 2.33. The van der Waals surface area contributed by atoms with Crippen LogP contribution in [0, 0.1) is 27.9 Å². The number of carbonyl (C=O) groups excluding carboxylic acids is 1. The smallest absolute Gasteiger partial charge is 0.461 e. The molecule has 8 nitrogen and oxygen atoms in total. The van der Waals surface area contributed by atoms with Gasteiger partial charge in [-0.2, -0.15) is 4.68 Å². The van der Waals surface area contributed by atoms with Crippen LogP contribution >= 0.6 is 0 Å². The topological polar surface area (TPSA) is 100 Å². The molecule has 3 atom stereocenters. The van der Waals surface area contributed by atoms with E-state index in [2.05, 4.69) is 30.9 Å². The minimum Gasteiger partial charge on any atom is -0.461 e. The third-order valence-electron chi connectivity index (χ3n) is 4.22. The predicted molar refractivity (Wildman–Crippen MR) is 77.9 cm³/mol. The Balaban J connectivity index is 1.95. The zero-order valence-corrected chi connectivity index (χ0v) is 13.1. The van der Waals surface area contributed by atoms with Crippen molar-refractivity contribution in [3.05, 3.63) is 16.4 Å². The van der Waals surface area contributed by atoms with Gasteiger partial charge in [-0.15, -0.1) is 0 Å². The molecule has 0 amide bonds. The van der Waals surface area contributed by atoms with Crippen molar-refractivity contribution < 1.29 is 14.5 Å². The lowest BCUT2D eigenvalue weighted by atomic mass is 9.75. The summed E-state index contributed by atoms with van der Waals surface area (Å²) >= 11 is 0. The van der Waals surface area contributed by atoms with Gasteiger partial charge in [-0.25, -0.2) is 4.79 Å². The van der Waals surface area contributed by atoms with Gasteiger partial charge in [0.1, 0.15) is 6.10 Å². The van der Waals surface area contributed by atoms with E-state index in [1.807, 2.05) is 0 Å². The molecule has 3 unspecified atom stereocenters. The summed E-state index contributed by atoms with van der Waals surface area (Å²) in [7, 11) is 0. The molecule has 0 aliphatic heterocycles. The van der Waals surface area contributed by atoms with Crippen molar-refractivity contribution >= 4 is 11.9 Å². The molecule has 8 heteroatoms. The average molecular weight is 310 g/mol. The Labute approximate surface area is 129 Å². The van der Waals surface area contributed by atoms with Crippen LogP contribution in [-0.4, -0.2) is 31.8 Å². The molecule has 1 heterocycles. The van der Waals surface area contributed by atoms with Crippen LogP contribution in [0.15, 0.2) is 6.33 Å². The molecule has 122 valence electrons. The molecule has 0 radical (unpaired) electrons. The van der Waals surface area contributed by atoms with E-state index in [1.54, 1.807) is 0 Å². The molecule has 22 heavy (non-hydrogen) atoms. The van der Waals surface area contributed by atoms with Crippen molar-refractivity contribution in [1.29, 1.82) is 0 Å². The summed E-state index contributed by atoms with van der Waals surface area (Å²) in [4.78, 5) is 25.4. The van der Waals surface area contributed by atoms with Crippen LogP contribution in [0.2, 0.25) is 0 Å². The van der Waals surface area contributed by atoms with E-state index in [4.69, 9.17) is 4.74 Å². The highest BCUT2D eigenvalue weighted by atomic mass is 16.6. The van der Waals surface area contributed by atoms with Crippen molar-refractivity contribution in [2.24, 2.45) is 17.8 Å². The molecular formula is C14H22N4O4. The third kappa shape index (κ3) is 4.02. The van der Waals surface area contributed by atoms with Crippen LogP contribution in [0.4, 0.5) is 5.95 Å². The minimum atomic E-state index is -0.695. The zero-order chi connectivity index (χ0) is 16.3. The van der Waals surface area contributed by atoms with Gasteiger partial charge in [-0.3, -0.25) is 0 Å². The molecule has 0 saturated heterocycles. The number of ether oxygens (including phenoxy) is 1. The van der Waals surface area contributed by atoms with Crippen LogP contribution in [0.25, 0.3) is 0 Å². The molecule has 1 fully saturated rings. The molecule has 0 spiro atoms. The van der Waals surface area contributed by atoms with Crippen molar-refractivity contribution in [3.63, 3.8) is 0 Å². The van der Waals surface area contributed by atoms with Gasteiger partial charge in [0.05, 0.1) is 0 Å². The second-order valence-corrected chi connectivity index (χ2v) is 6.35. The van der Waals surface area contributed by atoms with Crippen molar-refractivity contribution in [1.82, 2.24) is 14.8 Å². The number of esters is 1. The number of hydrogen-bond acceptors (Lipinski definition) is 6. The van der Waals surface area contributed by atoms with Gasteiger partial charge in [-0.05, 0) is 35.5 Å². The first-order valence-electron chi connectivity index (χ1n) is 7.60. The number of rotatable bonds is 5. The second-order valence-electron chi connectivity index (χ2n) is 6.35. The fourth-order valence-corrected chi connectivity index (χ4v) is 3.03. The number of carbonyl (C=O) groups is 1. The molecule has 1 aliphatic carbocycles. The molecule has 1 aromatic rings. The zero-order valence-electron chi connectivity index (χ0n) is 13.1. The van der Waals surface area contributed by atoms with Gasteiger partial charge in [0, 0.05) is 5.10 Å². The standard InChI is InChI=1S/C14H22N4O4/c1-9(2)11-5-4-10(3)6-12(11)22-13(19)7-17-8-15-14(16-17)18(20)21/h8-12H,4-7H2,1-3H3. The van der Waals surface area contributed by atoms with E-state index in [1.165, 1.54) is 6.33 Å². The Morgan fingerprint density at radius 1 is 1.55 bits per heavy atom. The summed E-state index contributed by atoms with van der Waals surface area (Å²) in [6.45, 7) is 6.29. The number of nitro groups is 1. The molecule has 0 N–H and O–H groups in total. The first-order chi connectivity index (χ1) is 10.4. The summed E-state index contributed by atoms with van der Waals surface area (Å²) in [6.07, 6.45) is 4.17. The minimum absolute atomic E-state index is 0.0882. The number of hydrogen-bond donors (Lipinski definition) is 0. The number of nitrogens with zero attached hydrogens (tertiary/aromatic N) is 4. The third-order valence-corrected chi connectivity index (χ3v) is 4.22. The van der Waals surface area contributed by atoms with Gasteiger partial charge in [0.25, 0.3) is 0 Å². The molecule has 0 bridgehead atoms. The van der Waals surface area contributed by atoms with Crippen molar-refractivity contribution in [2.45, 2.75) is 52.7 Å². The summed E-state index contributed by atoms with van der Waals surface area (Å²) in [5.41, 5.74) is 0. The molecule has 2 rings (SSSR count). The SMILES string of the molecule is CC1CCC(C(C)C)C(OC(=O)Cn2cnc([N+](=O)[O-])n2)C1. The Morgan fingerprint density at radius 3 is 2.86 bits per heavy atom. The van der Waals surface area contributed by atoms with Crippen LogP contribution in [0.1, 0.15) is 40.0 Å².